The van der Waals surface area contributed by atoms with Gasteiger partial charge in [-0.05, 0) is 57.3 Å². The Morgan fingerprint density at radius 1 is 1.39 bits per heavy atom. The van der Waals surface area contributed by atoms with Crippen LogP contribution in [0.3, 0.4) is 0 Å². The molecule has 2 atom stereocenters. The van der Waals surface area contributed by atoms with Crippen LogP contribution in [-0.4, -0.2) is 37.6 Å². The van der Waals surface area contributed by atoms with Crippen molar-refractivity contribution in [1.82, 2.24) is 10.2 Å². The number of nitrogens with zero attached hydrogens (tertiary/aromatic N) is 1. The van der Waals surface area contributed by atoms with Gasteiger partial charge in [-0.15, -0.1) is 11.3 Å². The second-order valence-corrected chi connectivity index (χ2v) is 6.26. The number of likely N-dealkylation sites (N-methyl/N-ethyl adjacent to an activating group) is 1. The lowest BCUT2D eigenvalue weighted by molar-refractivity contribution is 0.198. The normalized spacial score (nSPS) is 14.9. The van der Waals surface area contributed by atoms with Gasteiger partial charge in [0.05, 0.1) is 0 Å². The molecule has 0 fully saturated rings. The zero-order valence-corrected chi connectivity index (χ0v) is 13.1. The number of nitrogens with one attached hydrogen (secondary N) is 1. The monoisotopic (exact) mass is 268 g/mol. The molecule has 0 aromatic carbocycles. The van der Waals surface area contributed by atoms with Gasteiger partial charge in [0.25, 0.3) is 0 Å². The van der Waals surface area contributed by atoms with Crippen molar-refractivity contribution < 1.29 is 0 Å². The molecule has 1 aromatic heterocycles. The average molecular weight is 268 g/mol. The lowest BCUT2D eigenvalue weighted by Gasteiger charge is -2.30. The lowest BCUT2D eigenvalue weighted by Crippen LogP contribution is -2.40. The van der Waals surface area contributed by atoms with Crippen molar-refractivity contribution in [3.8, 4) is 0 Å². The number of rotatable bonds is 9. The third-order valence-corrected chi connectivity index (χ3v) is 4.64. The van der Waals surface area contributed by atoms with Crippen molar-refractivity contribution in [3.05, 3.63) is 22.4 Å². The van der Waals surface area contributed by atoms with Gasteiger partial charge >= 0.3 is 0 Å². The van der Waals surface area contributed by atoms with Crippen molar-refractivity contribution in [2.75, 3.05) is 26.7 Å². The van der Waals surface area contributed by atoms with Gasteiger partial charge in [0, 0.05) is 17.5 Å². The summed E-state index contributed by atoms with van der Waals surface area (Å²) in [5.74, 6) is 0.699. The molecule has 2 unspecified atom stereocenters. The second-order valence-electron chi connectivity index (χ2n) is 5.23. The van der Waals surface area contributed by atoms with E-state index >= 15 is 0 Å². The highest BCUT2D eigenvalue weighted by atomic mass is 32.1. The first-order valence-corrected chi connectivity index (χ1v) is 7.96. The molecule has 2 nitrogen and oxygen atoms in total. The SMILES string of the molecule is CCCNCC(C)C(C)N(C)CCc1cccs1. The molecule has 0 saturated carbocycles. The van der Waals surface area contributed by atoms with Crippen LogP contribution in [-0.2, 0) is 6.42 Å². The first-order chi connectivity index (χ1) is 8.65. The molecule has 0 radical (unpaired) electrons. The molecular weight excluding hydrogens is 240 g/mol. The van der Waals surface area contributed by atoms with Gasteiger partial charge in [0.2, 0.25) is 0 Å². The summed E-state index contributed by atoms with van der Waals surface area (Å²) >= 11 is 1.86. The van der Waals surface area contributed by atoms with Crippen LogP contribution in [0.4, 0.5) is 0 Å². The molecule has 3 heteroatoms. The van der Waals surface area contributed by atoms with Crippen LogP contribution in [0, 0.1) is 5.92 Å². The largest absolute Gasteiger partial charge is 0.316 e. The van der Waals surface area contributed by atoms with Crippen LogP contribution in [0.2, 0.25) is 0 Å². The quantitative estimate of drug-likeness (QED) is 0.692. The zero-order valence-electron chi connectivity index (χ0n) is 12.3. The molecule has 1 heterocycles. The molecule has 104 valence electrons. The maximum Gasteiger partial charge on any atom is 0.0102 e. The van der Waals surface area contributed by atoms with Crippen LogP contribution in [0.15, 0.2) is 17.5 Å². The van der Waals surface area contributed by atoms with Gasteiger partial charge in [0.1, 0.15) is 0 Å². The van der Waals surface area contributed by atoms with E-state index in [1.807, 2.05) is 11.3 Å². The maximum absolute atomic E-state index is 3.52. The fourth-order valence-corrected chi connectivity index (χ4v) is 2.75. The summed E-state index contributed by atoms with van der Waals surface area (Å²) in [6.45, 7) is 10.3. The predicted octanol–water partition coefficient (Wildman–Crippen LogP) is 3.25. The molecule has 0 aliphatic carbocycles. The first kappa shape index (κ1) is 15.7. The van der Waals surface area contributed by atoms with Crippen LogP contribution in [0.25, 0.3) is 0 Å². The Morgan fingerprint density at radius 2 is 2.17 bits per heavy atom. The first-order valence-electron chi connectivity index (χ1n) is 7.08. The van der Waals surface area contributed by atoms with Gasteiger partial charge in [-0.25, -0.2) is 0 Å². The minimum Gasteiger partial charge on any atom is -0.316 e. The van der Waals surface area contributed by atoms with E-state index in [1.165, 1.54) is 17.7 Å². The van der Waals surface area contributed by atoms with Gasteiger partial charge < -0.3 is 10.2 Å². The van der Waals surface area contributed by atoms with E-state index in [-0.39, 0.29) is 0 Å². The van der Waals surface area contributed by atoms with Crippen LogP contribution in [0.1, 0.15) is 32.1 Å². The molecule has 0 aliphatic heterocycles. The lowest BCUT2D eigenvalue weighted by atomic mass is 10.0. The summed E-state index contributed by atoms with van der Waals surface area (Å²) in [4.78, 5) is 3.98. The topological polar surface area (TPSA) is 15.3 Å². The third-order valence-electron chi connectivity index (χ3n) is 3.70. The summed E-state index contributed by atoms with van der Waals surface area (Å²) < 4.78 is 0. The van der Waals surface area contributed by atoms with E-state index in [1.54, 1.807) is 0 Å². The molecule has 0 saturated heterocycles. The molecule has 18 heavy (non-hydrogen) atoms. The average Bonchev–Trinajstić information content (AvgIpc) is 2.88. The molecule has 0 amide bonds. The van der Waals surface area contributed by atoms with Crippen LogP contribution in [0.5, 0.6) is 0 Å². The summed E-state index contributed by atoms with van der Waals surface area (Å²) in [7, 11) is 2.24. The smallest absolute Gasteiger partial charge is 0.0102 e. The fourth-order valence-electron chi connectivity index (χ4n) is 2.06. The highest BCUT2D eigenvalue weighted by Gasteiger charge is 2.16. The molecule has 0 spiro atoms. The molecule has 0 aliphatic rings. The van der Waals surface area contributed by atoms with Crippen molar-refractivity contribution >= 4 is 11.3 Å². The molecular formula is C15H28N2S. The number of hydrogen-bond acceptors (Lipinski definition) is 3. The van der Waals surface area contributed by atoms with Crippen molar-refractivity contribution in [2.24, 2.45) is 5.92 Å². The minimum absolute atomic E-state index is 0.634. The Morgan fingerprint density at radius 3 is 2.78 bits per heavy atom. The van der Waals surface area contributed by atoms with Crippen molar-refractivity contribution in [3.63, 3.8) is 0 Å². The van der Waals surface area contributed by atoms with Crippen LogP contribution >= 0.6 is 11.3 Å². The predicted molar refractivity (Wildman–Crippen MR) is 82.4 cm³/mol. The summed E-state index contributed by atoms with van der Waals surface area (Å²) in [5.41, 5.74) is 0. The van der Waals surface area contributed by atoms with Gasteiger partial charge in [0.15, 0.2) is 0 Å². The fraction of sp³-hybridized carbons (Fsp3) is 0.733. The van der Waals surface area contributed by atoms with E-state index in [2.05, 4.69) is 55.5 Å². The Labute approximate surface area is 116 Å². The summed E-state index contributed by atoms with van der Waals surface area (Å²) in [5, 5.41) is 5.68. The Kier molecular flexibility index (Phi) is 7.56. The minimum atomic E-state index is 0.634. The Hall–Kier alpha value is -0.380. The van der Waals surface area contributed by atoms with E-state index in [0.717, 1.165) is 19.6 Å². The summed E-state index contributed by atoms with van der Waals surface area (Å²) in [6.07, 6.45) is 2.39. The van der Waals surface area contributed by atoms with E-state index in [0.29, 0.717) is 12.0 Å². The molecule has 0 bridgehead atoms. The van der Waals surface area contributed by atoms with E-state index < -0.39 is 0 Å². The van der Waals surface area contributed by atoms with E-state index in [4.69, 9.17) is 0 Å². The molecule has 1 N–H and O–H groups in total. The van der Waals surface area contributed by atoms with Crippen molar-refractivity contribution in [1.29, 1.82) is 0 Å². The van der Waals surface area contributed by atoms with Crippen LogP contribution < -0.4 is 5.32 Å². The third kappa shape index (κ3) is 5.51. The van der Waals surface area contributed by atoms with Crippen molar-refractivity contribution in [2.45, 2.75) is 39.7 Å². The number of hydrogen-bond donors (Lipinski definition) is 1. The highest BCUT2D eigenvalue weighted by Crippen LogP contribution is 2.13. The second kappa shape index (κ2) is 8.68. The Bertz CT molecular complexity index is 297. The molecule has 1 rings (SSSR count). The van der Waals surface area contributed by atoms with Gasteiger partial charge in [-0.3, -0.25) is 0 Å². The van der Waals surface area contributed by atoms with Gasteiger partial charge in [-0.1, -0.05) is 19.9 Å². The van der Waals surface area contributed by atoms with Gasteiger partial charge in [-0.2, -0.15) is 0 Å². The Balaban J connectivity index is 2.24. The summed E-state index contributed by atoms with van der Waals surface area (Å²) in [6, 6.07) is 5.00. The maximum atomic E-state index is 3.52. The standard InChI is InChI=1S/C15H28N2S/c1-5-9-16-12-13(2)14(3)17(4)10-8-15-7-6-11-18-15/h6-7,11,13-14,16H,5,8-10,12H2,1-4H3. The van der Waals surface area contributed by atoms with E-state index in [9.17, 15) is 0 Å². The molecule has 1 aromatic rings. The number of thiophene rings is 1. The zero-order chi connectivity index (χ0) is 13.4. The highest BCUT2D eigenvalue weighted by molar-refractivity contribution is 7.09.